The van der Waals surface area contributed by atoms with Crippen molar-refractivity contribution in [3.63, 3.8) is 0 Å². The van der Waals surface area contributed by atoms with E-state index in [1.165, 1.54) is 0 Å². The number of hydrogen-bond acceptors (Lipinski definition) is 3. The van der Waals surface area contributed by atoms with Crippen molar-refractivity contribution in [2.45, 2.75) is 6.54 Å². The van der Waals surface area contributed by atoms with Gasteiger partial charge in [0.1, 0.15) is 11.5 Å². The van der Waals surface area contributed by atoms with Gasteiger partial charge in [-0.2, -0.15) is 0 Å². The Morgan fingerprint density at radius 1 is 1.12 bits per heavy atom. The van der Waals surface area contributed by atoms with E-state index in [9.17, 15) is 0 Å². The SMILES string of the molecule is NCc1nc(-c2ccccc2)c2ncccn12. The Bertz CT molecular complexity index is 643. The van der Waals surface area contributed by atoms with E-state index in [2.05, 4.69) is 9.97 Å². The Morgan fingerprint density at radius 2 is 1.94 bits per heavy atom. The van der Waals surface area contributed by atoms with Gasteiger partial charge in [-0.05, 0) is 6.07 Å². The van der Waals surface area contributed by atoms with Crippen LogP contribution in [0.1, 0.15) is 5.82 Å². The number of nitrogens with zero attached hydrogens (tertiary/aromatic N) is 3. The maximum atomic E-state index is 5.70. The van der Waals surface area contributed by atoms with Gasteiger partial charge in [0.25, 0.3) is 0 Å². The number of fused-ring (bicyclic) bond motifs is 1. The Kier molecular flexibility index (Phi) is 2.34. The predicted molar refractivity (Wildman–Crippen MR) is 66.3 cm³/mol. The number of aromatic nitrogens is 3. The van der Waals surface area contributed by atoms with Crippen molar-refractivity contribution in [1.82, 2.24) is 14.4 Å². The van der Waals surface area contributed by atoms with Gasteiger partial charge in [-0.3, -0.25) is 4.40 Å². The summed E-state index contributed by atoms with van der Waals surface area (Å²) in [5.41, 5.74) is 8.48. The minimum absolute atomic E-state index is 0.402. The lowest BCUT2D eigenvalue weighted by atomic mass is 10.2. The van der Waals surface area contributed by atoms with Crippen molar-refractivity contribution in [1.29, 1.82) is 0 Å². The molecule has 0 atom stereocenters. The number of imidazole rings is 1. The molecule has 3 aromatic rings. The zero-order valence-corrected chi connectivity index (χ0v) is 9.24. The van der Waals surface area contributed by atoms with Gasteiger partial charge in [0.2, 0.25) is 0 Å². The lowest BCUT2D eigenvalue weighted by Crippen LogP contribution is -2.02. The molecule has 0 aliphatic heterocycles. The van der Waals surface area contributed by atoms with Crippen LogP contribution in [0, 0.1) is 0 Å². The number of hydrogen-bond donors (Lipinski definition) is 1. The molecule has 0 radical (unpaired) electrons. The third-order valence-electron chi connectivity index (χ3n) is 2.71. The highest BCUT2D eigenvalue weighted by Crippen LogP contribution is 2.22. The quantitative estimate of drug-likeness (QED) is 0.722. The second kappa shape index (κ2) is 3.99. The third-order valence-corrected chi connectivity index (χ3v) is 2.71. The molecule has 0 unspecified atom stereocenters. The molecule has 17 heavy (non-hydrogen) atoms. The zero-order chi connectivity index (χ0) is 11.7. The number of nitrogens with two attached hydrogens (primary N) is 1. The summed E-state index contributed by atoms with van der Waals surface area (Å²) in [5.74, 6) is 0.826. The van der Waals surface area contributed by atoms with Crippen molar-refractivity contribution in [3.05, 3.63) is 54.6 Å². The van der Waals surface area contributed by atoms with E-state index in [1.54, 1.807) is 6.20 Å². The van der Waals surface area contributed by atoms with Crippen LogP contribution in [-0.4, -0.2) is 14.4 Å². The van der Waals surface area contributed by atoms with Crippen LogP contribution in [0.15, 0.2) is 48.8 Å². The molecule has 84 valence electrons. The summed E-state index contributed by atoms with van der Waals surface area (Å²) in [6, 6.07) is 11.9. The first kappa shape index (κ1) is 9.99. The maximum absolute atomic E-state index is 5.70. The molecule has 0 bridgehead atoms. The van der Waals surface area contributed by atoms with Crippen LogP contribution in [0.5, 0.6) is 0 Å². The van der Waals surface area contributed by atoms with Gasteiger partial charge in [0, 0.05) is 18.0 Å². The molecule has 0 aliphatic carbocycles. The second-order valence-electron chi connectivity index (χ2n) is 3.76. The maximum Gasteiger partial charge on any atom is 0.164 e. The summed E-state index contributed by atoms with van der Waals surface area (Å²) in [6.45, 7) is 0.402. The van der Waals surface area contributed by atoms with Crippen molar-refractivity contribution >= 4 is 5.65 Å². The Hall–Kier alpha value is -2.20. The highest BCUT2D eigenvalue weighted by atomic mass is 15.1. The first-order valence-corrected chi connectivity index (χ1v) is 5.47. The average molecular weight is 224 g/mol. The van der Waals surface area contributed by atoms with Crippen LogP contribution < -0.4 is 5.73 Å². The highest BCUT2D eigenvalue weighted by Gasteiger charge is 2.11. The van der Waals surface area contributed by atoms with Gasteiger partial charge >= 0.3 is 0 Å². The molecule has 2 heterocycles. The summed E-state index contributed by atoms with van der Waals surface area (Å²) in [7, 11) is 0. The second-order valence-corrected chi connectivity index (χ2v) is 3.76. The van der Waals surface area contributed by atoms with Crippen LogP contribution in [-0.2, 0) is 6.54 Å². The van der Waals surface area contributed by atoms with Gasteiger partial charge in [0.05, 0.1) is 6.54 Å². The van der Waals surface area contributed by atoms with E-state index in [0.717, 1.165) is 22.7 Å². The number of rotatable bonds is 2. The molecule has 0 spiro atoms. The lowest BCUT2D eigenvalue weighted by molar-refractivity contribution is 0.897. The lowest BCUT2D eigenvalue weighted by Gasteiger charge is -1.97. The first-order chi connectivity index (χ1) is 8.40. The normalized spacial score (nSPS) is 10.9. The van der Waals surface area contributed by atoms with Crippen LogP contribution in [0.4, 0.5) is 0 Å². The summed E-state index contributed by atoms with van der Waals surface area (Å²) >= 11 is 0. The van der Waals surface area contributed by atoms with E-state index in [4.69, 9.17) is 5.73 Å². The molecule has 2 N–H and O–H groups in total. The van der Waals surface area contributed by atoms with E-state index >= 15 is 0 Å². The zero-order valence-electron chi connectivity index (χ0n) is 9.24. The largest absolute Gasteiger partial charge is 0.324 e. The molecular weight excluding hydrogens is 212 g/mol. The van der Waals surface area contributed by atoms with E-state index < -0.39 is 0 Å². The Morgan fingerprint density at radius 3 is 2.71 bits per heavy atom. The van der Waals surface area contributed by atoms with Crippen molar-refractivity contribution < 1.29 is 0 Å². The fourth-order valence-electron chi connectivity index (χ4n) is 1.92. The molecule has 1 aromatic carbocycles. The van der Waals surface area contributed by atoms with Gasteiger partial charge in [-0.15, -0.1) is 0 Å². The molecule has 4 nitrogen and oxygen atoms in total. The fraction of sp³-hybridized carbons (Fsp3) is 0.0769. The first-order valence-electron chi connectivity index (χ1n) is 5.47. The van der Waals surface area contributed by atoms with E-state index in [-0.39, 0.29) is 0 Å². The molecular formula is C13H12N4. The predicted octanol–water partition coefficient (Wildman–Crippen LogP) is 1.85. The van der Waals surface area contributed by atoms with Crippen LogP contribution in [0.25, 0.3) is 16.9 Å². The van der Waals surface area contributed by atoms with Crippen molar-refractivity contribution in [2.24, 2.45) is 5.73 Å². The molecule has 0 fully saturated rings. The molecule has 0 saturated carbocycles. The summed E-state index contributed by atoms with van der Waals surface area (Å²) in [4.78, 5) is 8.92. The van der Waals surface area contributed by atoms with Crippen LogP contribution in [0.2, 0.25) is 0 Å². The van der Waals surface area contributed by atoms with Gasteiger partial charge < -0.3 is 5.73 Å². The van der Waals surface area contributed by atoms with Gasteiger partial charge in [-0.25, -0.2) is 9.97 Å². The van der Waals surface area contributed by atoms with E-state index in [1.807, 2.05) is 47.0 Å². The Labute approximate surface area is 98.8 Å². The fourth-order valence-corrected chi connectivity index (χ4v) is 1.92. The Balaban J connectivity index is 2.31. The van der Waals surface area contributed by atoms with Gasteiger partial charge in [-0.1, -0.05) is 30.3 Å². The monoisotopic (exact) mass is 224 g/mol. The standard InChI is InChI=1S/C13H12N4/c14-9-11-16-12(10-5-2-1-3-6-10)13-15-7-4-8-17(11)13/h1-8H,9,14H2. The summed E-state index contributed by atoms with van der Waals surface area (Å²) in [5, 5.41) is 0. The highest BCUT2D eigenvalue weighted by molar-refractivity contribution is 5.74. The number of benzene rings is 1. The molecule has 0 amide bonds. The van der Waals surface area contributed by atoms with Gasteiger partial charge in [0.15, 0.2) is 5.65 Å². The minimum Gasteiger partial charge on any atom is -0.324 e. The van der Waals surface area contributed by atoms with Crippen molar-refractivity contribution in [3.8, 4) is 11.3 Å². The van der Waals surface area contributed by atoms with Crippen LogP contribution in [0.3, 0.4) is 0 Å². The molecule has 3 rings (SSSR count). The van der Waals surface area contributed by atoms with E-state index in [0.29, 0.717) is 6.54 Å². The molecule has 4 heteroatoms. The smallest absolute Gasteiger partial charge is 0.164 e. The molecule has 0 saturated heterocycles. The van der Waals surface area contributed by atoms with Crippen LogP contribution >= 0.6 is 0 Å². The summed E-state index contributed by atoms with van der Waals surface area (Å²) < 4.78 is 1.93. The molecule has 0 aliphatic rings. The third kappa shape index (κ3) is 1.59. The van der Waals surface area contributed by atoms with Crippen molar-refractivity contribution in [2.75, 3.05) is 0 Å². The average Bonchev–Trinajstić information content (AvgIpc) is 2.78. The minimum atomic E-state index is 0.402. The molecule has 2 aromatic heterocycles. The topological polar surface area (TPSA) is 56.2 Å². The summed E-state index contributed by atoms with van der Waals surface area (Å²) in [6.07, 6.45) is 3.70.